The summed E-state index contributed by atoms with van der Waals surface area (Å²) in [7, 11) is 2.11. The summed E-state index contributed by atoms with van der Waals surface area (Å²) in [5.41, 5.74) is 5.09. The Morgan fingerprint density at radius 2 is 2.32 bits per heavy atom. The van der Waals surface area contributed by atoms with Gasteiger partial charge in [-0.15, -0.1) is 0 Å². The van der Waals surface area contributed by atoms with Gasteiger partial charge >= 0.3 is 0 Å². The van der Waals surface area contributed by atoms with Crippen LogP contribution in [0.25, 0.3) is 0 Å². The van der Waals surface area contributed by atoms with Gasteiger partial charge < -0.3 is 15.6 Å². The van der Waals surface area contributed by atoms with E-state index in [4.69, 9.17) is 5.84 Å². The normalized spacial score (nSPS) is 19.4. The third-order valence-electron chi connectivity index (χ3n) is 3.81. The number of amides is 1. The fourth-order valence-corrected chi connectivity index (χ4v) is 2.52. The molecule has 1 aromatic rings. The van der Waals surface area contributed by atoms with Crippen LogP contribution < -0.4 is 16.6 Å². The Morgan fingerprint density at radius 1 is 1.53 bits per heavy atom. The van der Waals surface area contributed by atoms with Crippen molar-refractivity contribution in [2.24, 2.45) is 5.84 Å². The molecule has 0 spiro atoms. The van der Waals surface area contributed by atoms with Gasteiger partial charge in [-0.25, -0.2) is 0 Å². The van der Waals surface area contributed by atoms with Gasteiger partial charge in [-0.2, -0.15) is 0 Å². The van der Waals surface area contributed by atoms with Gasteiger partial charge in [0, 0.05) is 18.2 Å². The smallest absolute Gasteiger partial charge is 0.251 e. The number of likely N-dealkylation sites (tertiary alicyclic amines) is 1. The van der Waals surface area contributed by atoms with Crippen molar-refractivity contribution in [3.05, 3.63) is 29.3 Å². The van der Waals surface area contributed by atoms with Crippen LogP contribution in [0.2, 0.25) is 0 Å². The maximum Gasteiger partial charge on any atom is 0.251 e. The Balaban J connectivity index is 1.94. The first-order chi connectivity index (χ1) is 9.11. The zero-order valence-electron chi connectivity index (χ0n) is 11.6. The zero-order chi connectivity index (χ0) is 13.8. The molecule has 0 saturated carbocycles. The molecule has 4 N–H and O–H groups in total. The topological polar surface area (TPSA) is 70.4 Å². The van der Waals surface area contributed by atoms with Crippen molar-refractivity contribution in [1.29, 1.82) is 0 Å². The summed E-state index contributed by atoms with van der Waals surface area (Å²) in [6.07, 6.45) is 2.37. The Labute approximate surface area is 114 Å². The molecule has 1 saturated heterocycles. The van der Waals surface area contributed by atoms with Crippen LogP contribution in [0.1, 0.15) is 28.8 Å². The molecule has 1 heterocycles. The number of hydrogen-bond acceptors (Lipinski definition) is 4. The molecular formula is C14H22N4O. The van der Waals surface area contributed by atoms with E-state index in [9.17, 15) is 4.79 Å². The zero-order valence-corrected chi connectivity index (χ0v) is 11.6. The summed E-state index contributed by atoms with van der Waals surface area (Å²) in [6.45, 7) is 3.76. The highest BCUT2D eigenvalue weighted by atomic mass is 16.1. The first-order valence-electron chi connectivity index (χ1n) is 6.67. The van der Waals surface area contributed by atoms with Gasteiger partial charge in [0.15, 0.2) is 0 Å². The van der Waals surface area contributed by atoms with Crippen LogP contribution in [0.3, 0.4) is 0 Å². The average Bonchev–Trinajstić information content (AvgIpc) is 2.81. The number of hydrazine groups is 1. The molecule has 104 valence electrons. The number of carbonyl (C=O) groups excluding carboxylic acids is 1. The van der Waals surface area contributed by atoms with E-state index in [0.29, 0.717) is 18.2 Å². The second kappa shape index (κ2) is 6.04. The lowest BCUT2D eigenvalue weighted by atomic mass is 10.1. The molecular weight excluding hydrogens is 240 g/mol. The Bertz CT molecular complexity index is 461. The summed E-state index contributed by atoms with van der Waals surface area (Å²) < 4.78 is 0. The Morgan fingerprint density at radius 3 is 2.89 bits per heavy atom. The van der Waals surface area contributed by atoms with Crippen molar-refractivity contribution in [2.45, 2.75) is 25.8 Å². The number of hydrogen-bond donors (Lipinski definition) is 3. The highest BCUT2D eigenvalue weighted by Gasteiger charge is 2.21. The van der Waals surface area contributed by atoms with Crippen LogP contribution in [-0.2, 0) is 0 Å². The summed E-state index contributed by atoms with van der Waals surface area (Å²) in [5, 5.41) is 3.00. The van der Waals surface area contributed by atoms with Crippen molar-refractivity contribution in [1.82, 2.24) is 10.2 Å². The van der Waals surface area contributed by atoms with E-state index >= 15 is 0 Å². The monoisotopic (exact) mass is 262 g/mol. The molecule has 1 aliphatic rings. The highest BCUT2D eigenvalue weighted by molar-refractivity contribution is 5.94. The minimum atomic E-state index is -0.0213. The van der Waals surface area contributed by atoms with E-state index in [1.165, 1.54) is 6.42 Å². The molecule has 19 heavy (non-hydrogen) atoms. The second-order valence-corrected chi connectivity index (χ2v) is 5.16. The fraction of sp³-hybridized carbons (Fsp3) is 0.500. The number of nitrogens with zero attached hydrogens (tertiary/aromatic N) is 1. The van der Waals surface area contributed by atoms with E-state index in [-0.39, 0.29) is 5.91 Å². The number of carbonyl (C=O) groups is 1. The third kappa shape index (κ3) is 3.24. The second-order valence-electron chi connectivity index (χ2n) is 5.16. The van der Waals surface area contributed by atoms with E-state index in [2.05, 4.69) is 22.7 Å². The third-order valence-corrected chi connectivity index (χ3v) is 3.81. The predicted octanol–water partition coefficient (Wildman–Crippen LogP) is 1.10. The van der Waals surface area contributed by atoms with Crippen molar-refractivity contribution in [3.63, 3.8) is 0 Å². The molecule has 5 nitrogen and oxygen atoms in total. The lowest BCUT2D eigenvalue weighted by molar-refractivity contribution is 0.0943. The van der Waals surface area contributed by atoms with Gasteiger partial charge in [0.05, 0.1) is 5.69 Å². The quantitative estimate of drug-likeness (QED) is 0.561. The summed E-state index contributed by atoms with van der Waals surface area (Å²) in [4.78, 5) is 14.4. The molecule has 1 amide bonds. The van der Waals surface area contributed by atoms with Gasteiger partial charge in [-0.3, -0.25) is 10.6 Å². The molecule has 0 aromatic heterocycles. The van der Waals surface area contributed by atoms with Crippen LogP contribution in [0.5, 0.6) is 0 Å². The largest absolute Gasteiger partial charge is 0.350 e. The van der Waals surface area contributed by atoms with E-state index in [1.54, 1.807) is 6.07 Å². The SMILES string of the molecule is Cc1cc(C(=O)NCC2CCCN2C)ccc1NN. The van der Waals surface area contributed by atoms with E-state index in [0.717, 1.165) is 24.2 Å². The number of nitrogens with one attached hydrogen (secondary N) is 2. The van der Waals surface area contributed by atoms with E-state index < -0.39 is 0 Å². The van der Waals surface area contributed by atoms with Crippen molar-refractivity contribution in [2.75, 3.05) is 25.6 Å². The molecule has 1 unspecified atom stereocenters. The standard InChI is InChI=1S/C14H22N4O/c1-10-8-11(5-6-13(10)17-15)14(19)16-9-12-4-3-7-18(12)2/h5-6,8,12,17H,3-4,7,9,15H2,1-2H3,(H,16,19). The first-order valence-corrected chi connectivity index (χ1v) is 6.67. The molecule has 1 aromatic carbocycles. The first kappa shape index (κ1) is 13.8. The van der Waals surface area contributed by atoms with Gasteiger partial charge in [-0.05, 0) is 57.1 Å². The fourth-order valence-electron chi connectivity index (χ4n) is 2.52. The molecule has 0 aliphatic carbocycles. The molecule has 1 atom stereocenters. The number of nitrogen functional groups attached to an aromatic ring is 1. The van der Waals surface area contributed by atoms with Gasteiger partial charge in [0.25, 0.3) is 5.91 Å². The van der Waals surface area contributed by atoms with Gasteiger partial charge in [0.1, 0.15) is 0 Å². The van der Waals surface area contributed by atoms with Crippen LogP contribution in [0, 0.1) is 6.92 Å². The summed E-state index contributed by atoms with van der Waals surface area (Å²) in [5.74, 6) is 5.36. The molecule has 0 bridgehead atoms. The minimum absolute atomic E-state index is 0.0213. The summed E-state index contributed by atoms with van der Waals surface area (Å²) >= 11 is 0. The molecule has 5 heteroatoms. The number of aryl methyl sites for hydroxylation is 1. The van der Waals surface area contributed by atoms with Crippen LogP contribution >= 0.6 is 0 Å². The molecule has 1 fully saturated rings. The average molecular weight is 262 g/mol. The Kier molecular flexibility index (Phi) is 4.39. The van der Waals surface area contributed by atoms with Crippen molar-refractivity contribution < 1.29 is 4.79 Å². The minimum Gasteiger partial charge on any atom is -0.350 e. The number of likely N-dealkylation sites (N-methyl/N-ethyl adjacent to an activating group) is 1. The molecule has 2 rings (SSSR count). The highest BCUT2D eigenvalue weighted by Crippen LogP contribution is 2.16. The maximum atomic E-state index is 12.1. The summed E-state index contributed by atoms with van der Waals surface area (Å²) in [6, 6.07) is 5.93. The maximum absolute atomic E-state index is 12.1. The van der Waals surface area contributed by atoms with Crippen molar-refractivity contribution >= 4 is 11.6 Å². The Hall–Kier alpha value is -1.59. The van der Waals surface area contributed by atoms with Gasteiger partial charge in [-0.1, -0.05) is 0 Å². The van der Waals surface area contributed by atoms with Crippen LogP contribution in [0.4, 0.5) is 5.69 Å². The van der Waals surface area contributed by atoms with Crippen LogP contribution in [-0.4, -0.2) is 37.0 Å². The molecule has 0 radical (unpaired) electrons. The number of benzene rings is 1. The lowest BCUT2D eigenvalue weighted by Crippen LogP contribution is -2.38. The lowest BCUT2D eigenvalue weighted by Gasteiger charge is -2.19. The number of nitrogens with two attached hydrogens (primary N) is 1. The van der Waals surface area contributed by atoms with E-state index in [1.807, 2.05) is 19.1 Å². The van der Waals surface area contributed by atoms with Gasteiger partial charge in [0.2, 0.25) is 0 Å². The number of anilines is 1. The number of rotatable bonds is 4. The predicted molar refractivity (Wildman–Crippen MR) is 77.0 cm³/mol. The van der Waals surface area contributed by atoms with Crippen molar-refractivity contribution in [3.8, 4) is 0 Å². The molecule has 1 aliphatic heterocycles. The van der Waals surface area contributed by atoms with Crippen LogP contribution in [0.15, 0.2) is 18.2 Å².